The first kappa shape index (κ1) is 16.2. The van der Waals surface area contributed by atoms with Crippen LogP contribution >= 0.6 is 0 Å². The molecule has 0 amide bonds. The molecular formula is C21H21NO2. The van der Waals surface area contributed by atoms with Gasteiger partial charge in [-0.05, 0) is 19.3 Å². The normalized spacial score (nSPS) is 15.2. The first-order chi connectivity index (χ1) is 11.8. The van der Waals surface area contributed by atoms with E-state index in [1.807, 2.05) is 36.4 Å². The molecule has 0 aromatic heterocycles. The molecule has 0 unspecified atom stereocenters. The average Bonchev–Trinajstić information content (AvgIpc) is 2.67. The smallest absolute Gasteiger partial charge is 0.209 e. The largest absolute Gasteiger partial charge is 0.368 e. The van der Waals surface area contributed by atoms with E-state index in [4.69, 9.17) is 0 Å². The van der Waals surface area contributed by atoms with Gasteiger partial charge in [0.2, 0.25) is 5.78 Å². The van der Waals surface area contributed by atoms with Crippen molar-refractivity contribution in [3.05, 3.63) is 83.6 Å². The maximum Gasteiger partial charge on any atom is 0.209 e. The Balaban J connectivity index is 1.94. The molecule has 3 nitrogen and oxygen atoms in total. The summed E-state index contributed by atoms with van der Waals surface area (Å²) >= 11 is 0. The molecule has 2 aromatic rings. The predicted octanol–water partition coefficient (Wildman–Crippen LogP) is 4.12. The number of nitrogens with zero attached hydrogens (tertiary/aromatic N) is 1. The van der Waals surface area contributed by atoms with Crippen molar-refractivity contribution in [2.75, 3.05) is 13.1 Å². The first-order valence-electron chi connectivity index (χ1n) is 8.41. The molecule has 1 heterocycles. The van der Waals surface area contributed by atoms with Crippen molar-refractivity contribution in [2.45, 2.75) is 19.3 Å². The lowest BCUT2D eigenvalue weighted by atomic mass is 10.0. The zero-order valence-electron chi connectivity index (χ0n) is 13.7. The van der Waals surface area contributed by atoms with Gasteiger partial charge in [0.25, 0.3) is 0 Å². The summed E-state index contributed by atoms with van der Waals surface area (Å²) in [6.07, 6.45) is 4.80. The van der Waals surface area contributed by atoms with Crippen LogP contribution in [0, 0.1) is 0 Å². The van der Waals surface area contributed by atoms with E-state index in [1.54, 1.807) is 24.3 Å². The summed E-state index contributed by atoms with van der Waals surface area (Å²) in [4.78, 5) is 27.6. The number of likely N-dealkylation sites (tertiary alicyclic amines) is 1. The average molecular weight is 319 g/mol. The van der Waals surface area contributed by atoms with E-state index in [9.17, 15) is 9.59 Å². The lowest BCUT2D eigenvalue weighted by Gasteiger charge is -2.30. The summed E-state index contributed by atoms with van der Waals surface area (Å²) in [6.45, 7) is 1.65. The molecule has 3 rings (SSSR count). The minimum Gasteiger partial charge on any atom is -0.368 e. The second-order valence-electron chi connectivity index (χ2n) is 6.00. The molecule has 3 heteroatoms. The van der Waals surface area contributed by atoms with Gasteiger partial charge in [-0.3, -0.25) is 9.59 Å². The zero-order valence-corrected chi connectivity index (χ0v) is 13.7. The monoisotopic (exact) mass is 319 g/mol. The molecule has 1 saturated heterocycles. The van der Waals surface area contributed by atoms with Gasteiger partial charge in [0.15, 0.2) is 5.78 Å². The van der Waals surface area contributed by atoms with Crippen molar-refractivity contribution >= 4 is 11.6 Å². The van der Waals surface area contributed by atoms with Crippen molar-refractivity contribution in [1.29, 1.82) is 0 Å². The fraction of sp³-hybridized carbons (Fsp3) is 0.238. The van der Waals surface area contributed by atoms with E-state index in [1.165, 1.54) is 12.5 Å². The Morgan fingerprint density at radius 1 is 0.750 bits per heavy atom. The molecule has 0 saturated carbocycles. The van der Waals surface area contributed by atoms with Crippen LogP contribution < -0.4 is 0 Å². The topological polar surface area (TPSA) is 37.4 Å². The van der Waals surface area contributed by atoms with Crippen LogP contribution in [0.5, 0.6) is 0 Å². The number of Topliss-reactive ketones (excluding diaryl/α,β-unsaturated/α-hetero) is 1. The van der Waals surface area contributed by atoms with Crippen LogP contribution in [0.1, 0.15) is 40.0 Å². The van der Waals surface area contributed by atoms with Crippen molar-refractivity contribution in [2.24, 2.45) is 0 Å². The van der Waals surface area contributed by atoms with Gasteiger partial charge < -0.3 is 4.90 Å². The maximum atomic E-state index is 12.9. The Hall–Kier alpha value is -2.68. The summed E-state index contributed by atoms with van der Waals surface area (Å²) in [5.41, 5.74) is 1.73. The highest BCUT2D eigenvalue weighted by molar-refractivity contribution is 6.14. The molecule has 2 aromatic carbocycles. The van der Waals surface area contributed by atoms with E-state index in [2.05, 4.69) is 4.90 Å². The molecule has 1 fully saturated rings. The molecule has 0 spiro atoms. The first-order valence-corrected chi connectivity index (χ1v) is 8.41. The van der Waals surface area contributed by atoms with Gasteiger partial charge in [-0.25, -0.2) is 0 Å². The van der Waals surface area contributed by atoms with Crippen molar-refractivity contribution in [1.82, 2.24) is 4.90 Å². The predicted molar refractivity (Wildman–Crippen MR) is 95.1 cm³/mol. The number of rotatable bonds is 5. The lowest BCUT2D eigenvalue weighted by molar-refractivity contribution is 0.0965. The summed E-state index contributed by atoms with van der Waals surface area (Å²) in [5.74, 6) is -0.206. The van der Waals surface area contributed by atoms with Gasteiger partial charge >= 0.3 is 0 Å². The van der Waals surface area contributed by atoms with Crippen LogP contribution in [0.25, 0.3) is 0 Å². The fourth-order valence-electron chi connectivity index (χ4n) is 2.98. The SMILES string of the molecule is O=C(/C=C(/C(=O)c1ccccc1)N1CCCCC1)c1ccccc1. The number of piperidine rings is 1. The zero-order chi connectivity index (χ0) is 16.8. The van der Waals surface area contributed by atoms with Gasteiger partial charge in [0, 0.05) is 30.3 Å². The highest BCUT2D eigenvalue weighted by Crippen LogP contribution is 2.19. The number of benzene rings is 2. The number of carbonyl (C=O) groups excluding carboxylic acids is 2. The van der Waals surface area contributed by atoms with Crippen LogP contribution in [0.15, 0.2) is 72.4 Å². The van der Waals surface area contributed by atoms with Gasteiger partial charge in [-0.15, -0.1) is 0 Å². The van der Waals surface area contributed by atoms with Crippen molar-refractivity contribution < 1.29 is 9.59 Å². The fourth-order valence-corrected chi connectivity index (χ4v) is 2.98. The molecular weight excluding hydrogens is 298 g/mol. The number of hydrogen-bond acceptors (Lipinski definition) is 3. The van der Waals surface area contributed by atoms with Gasteiger partial charge in [-0.2, -0.15) is 0 Å². The van der Waals surface area contributed by atoms with E-state index < -0.39 is 0 Å². The Kier molecular flexibility index (Phi) is 5.22. The van der Waals surface area contributed by atoms with Crippen LogP contribution in [0.3, 0.4) is 0 Å². The highest BCUT2D eigenvalue weighted by atomic mass is 16.1. The van der Waals surface area contributed by atoms with Gasteiger partial charge in [0.1, 0.15) is 0 Å². The highest BCUT2D eigenvalue weighted by Gasteiger charge is 2.22. The Labute approximate surface area is 142 Å². The summed E-state index contributed by atoms with van der Waals surface area (Å²) < 4.78 is 0. The van der Waals surface area contributed by atoms with Gasteiger partial charge in [0.05, 0.1) is 5.70 Å². The number of ketones is 2. The van der Waals surface area contributed by atoms with Crippen LogP contribution in [0.2, 0.25) is 0 Å². The van der Waals surface area contributed by atoms with Crippen molar-refractivity contribution in [3.8, 4) is 0 Å². The van der Waals surface area contributed by atoms with E-state index in [0.717, 1.165) is 25.9 Å². The maximum absolute atomic E-state index is 12.9. The summed E-state index contributed by atoms with van der Waals surface area (Å²) in [5, 5.41) is 0. The van der Waals surface area contributed by atoms with E-state index >= 15 is 0 Å². The molecule has 0 radical (unpaired) electrons. The second kappa shape index (κ2) is 7.73. The molecule has 122 valence electrons. The summed E-state index contributed by atoms with van der Waals surface area (Å²) in [7, 11) is 0. The Morgan fingerprint density at radius 3 is 1.88 bits per heavy atom. The van der Waals surface area contributed by atoms with Crippen LogP contribution in [-0.2, 0) is 0 Å². The summed E-state index contributed by atoms with van der Waals surface area (Å²) in [6, 6.07) is 18.3. The van der Waals surface area contributed by atoms with Crippen molar-refractivity contribution in [3.63, 3.8) is 0 Å². The number of allylic oxidation sites excluding steroid dienone is 2. The molecule has 1 aliphatic rings. The Bertz CT molecular complexity index is 729. The number of carbonyl (C=O) groups is 2. The molecule has 0 bridgehead atoms. The van der Waals surface area contributed by atoms with E-state index in [0.29, 0.717) is 16.8 Å². The standard InChI is InChI=1S/C21H21NO2/c23-20(17-10-4-1-5-11-17)16-19(22-14-8-3-9-15-22)21(24)18-12-6-2-7-13-18/h1-2,4-7,10-13,16H,3,8-9,14-15H2/b19-16-. The minimum atomic E-state index is -0.125. The van der Waals surface area contributed by atoms with Gasteiger partial charge in [-0.1, -0.05) is 60.7 Å². The lowest BCUT2D eigenvalue weighted by Crippen LogP contribution is -2.33. The molecule has 0 atom stereocenters. The quantitative estimate of drug-likeness (QED) is 0.614. The van der Waals surface area contributed by atoms with Crippen LogP contribution in [0.4, 0.5) is 0 Å². The minimum absolute atomic E-state index is 0.0817. The third-order valence-corrected chi connectivity index (χ3v) is 4.29. The molecule has 1 aliphatic heterocycles. The molecule has 0 N–H and O–H groups in total. The van der Waals surface area contributed by atoms with E-state index in [-0.39, 0.29) is 11.6 Å². The number of hydrogen-bond donors (Lipinski definition) is 0. The molecule has 0 aliphatic carbocycles. The molecule has 24 heavy (non-hydrogen) atoms. The Morgan fingerprint density at radius 2 is 1.29 bits per heavy atom. The van der Waals surface area contributed by atoms with Crippen LogP contribution in [-0.4, -0.2) is 29.6 Å². The second-order valence-corrected chi connectivity index (χ2v) is 6.00. The third-order valence-electron chi connectivity index (χ3n) is 4.29. The third kappa shape index (κ3) is 3.80.